The highest BCUT2D eigenvalue weighted by molar-refractivity contribution is 7.00. The van der Waals surface area contributed by atoms with Gasteiger partial charge in [-0.3, -0.25) is 0 Å². The van der Waals surface area contributed by atoms with Gasteiger partial charge in [-0.1, -0.05) is 174 Å². The summed E-state index contributed by atoms with van der Waals surface area (Å²) in [6, 6.07) is 54.2. The molecule has 0 saturated heterocycles. The van der Waals surface area contributed by atoms with Crippen molar-refractivity contribution in [2.45, 2.75) is 119 Å². The molecule has 2 aliphatic rings. The molecule has 0 aromatic heterocycles. The number of rotatable bonds is 4. The lowest BCUT2D eigenvalue weighted by Gasteiger charge is -2.46. The van der Waals surface area contributed by atoms with Gasteiger partial charge in [-0.2, -0.15) is 0 Å². The highest BCUT2D eigenvalue weighted by Gasteiger charge is 2.45. The average molecular weight is 825 g/mol. The lowest BCUT2D eigenvalue weighted by Crippen LogP contribution is -2.61. The molecule has 0 N–H and O–H groups in total. The van der Waals surface area contributed by atoms with Gasteiger partial charge in [0.15, 0.2) is 0 Å². The molecule has 7 aromatic carbocycles. The van der Waals surface area contributed by atoms with Gasteiger partial charge >= 0.3 is 0 Å². The minimum atomic E-state index is -0.0408. The van der Waals surface area contributed by atoms with Gasteiger partial charge in [0, 0.05) is 39.6 Å². The summed E-state index contributed by atoms with van der Waals surface area (Å²) in [4.78, 5) is 5.21. The first-order chi connectivity index (χ1) is 29.6. The average Bonchev–Trinajstić information content (AvgIpc) is 3.22. The van der Waals surface area contributed by atoms with E-state index in [1.54, 1.807) is 0 Å². The second-order valence-corrected chi connectivity index (χ2v) is 22.6. The molecule has 0 saturated carbocycles. The Balaban J connectivity index is 1.42. The number of nitrogens with zero attached hydrogens (tertiary/aromatic N) is 2. The van der Waals surface area contributed by atoms with Crippen LogP contribution in [-0.4, -0.2) is 6.71 Å². The van der Waals surface area contributed by atoms with Crippen molar-refractivity contribution in [1.82, 2.24) is 0 Å². The van der Waals surface area contributed by atoms with Crippen molar-refractivity contribution in [1.29, 1.82) is 0 Å². The molecule has 7 aromatic rings. The molecule has 2 nitrogen and oxygen atoms in total. The molecule has 3 heteroatoms. The Hall–Kier alpha value is -5.80. The molecule has 63 heavy (non-hydrogen) atoms. The summed E-state index contributed by atoms with van der Waals surface area (Å²) in [7, 11) is 0. The third kappa shape index (κ3) is 7.52. The summed E-state index contributed by atoms with van der Waals surface area (Å²) in [5, 5.41) is 0. The summed E-state index contributed by atoms with van der Waals surface area (Å²) >= 11 is 0. The van der Waals surface area contributed by atoms with Crippen LogP contribution in [0.1, 0.15) is 116 Å². The van der Waals surface area contributed by atoms with Gasteiger partial charge < -0.3 is 9.80 Å². The van der Waals surface area contributed by atoms with E-state index < -0.39 is 0 Å². The Morgan fingerprint density at radius 2 is 0.762 bits per heavy atom. The zero-order chi connectivity index (χ0) is 45.0. The van der Waals surface area contributed by atoms with Crippen LogP contribution in [0.4, 0.5) is 34.1 Å². The SMILES string of the molecule is Cc1cc(-c2ccccc2)c(N2c3ccc(C(C)(C)C)cc3B3c4cc(C(C)(C)C)ccc4N(c4ccc(C(C)(C)C)cc4)c4cc(C)cc2c43)c(-c2ccc(C(C)(C)C)cc2)c1. The third-order valence-corrected chi connectivity index (χ3v) is 13.6. The first-order valence-corrected chi connectivity index (χ1v) is 23.0. The minimum absolute atomic E-state index is 0.0201. The normalized spacial score (nSPS) is 13.8. The van der Waals surface area contributed by atoms with Crippen molar-refractivity contribution in [3.05, 3.63) is 173 Å². The van der Waals surface area contributed by atoms with E-state index >= 15 is 0 Å². The third-order valence-electron chi connectivity index (χ3n) is 13.6. The van der Waals surface area contributed by atoms with Crippen LogP contribution in [0.3, 0.4) is 0 Å². The summed E-state index contributed by atoms with van der Waals surface area (Å²) in [6.07, 6.45) is 0. The van der Waals surface area contributed by atoms with Gasteiger partial charge in [0.1, 0.15) is 0 Å². The largest absolute Gasteiger partial charge is 0.311 e. The zero-order valence-corrected chi connectivity index (χ0v) is 40.3. The van der Waals surface area contributed by atoms with Crippen LogP contribution in [-0.2, 0) is 21.7 Å². The van der Waals surface area contributed by atoms with E-state index in [4.69, 9.17) is 0 Å². The van der Waals surface area contributed by atoms with Crippen LogP contribution in [0.2, 0.25) is 0 Å². The van der Waals surface area contributed by atoms with E-state index in [0.29, 0.717) is 0 Å². The summed E-state index contributed by atoms with van der Waals surface area (Å²) in [5.41, 5.74) is 24.2. The Morgan fingerprint density at radius 3 is 1.24 bits per heavy atom. The molecule has 0 bridgehead atoms. The van der Waals surface area contributed by atoms with Gasteiger partial charge in [-0.25, -0.2) is 0 Å². The molecule has 0 aliphatic carbocycles. The highest BCUT2D eigenvalue weighted by atomic mass is 15.2. The van der Waals surface area contributed by atoms with Crippen molar-refractivity contribution in [3.63, 3.8) is 0 Å². The van der Waals surface area contributed by atoms with Gasteiger partial charge in [-0.05, 0) is 145 Å². The standard InChI is InChI=1S/C60H65BN2/c1-38-32-47(40-18-16-15-17-19-40)56(48(33-38)41-20-22-42(23-21-41)57(3,4)5)63-52-31-27-45(60(12,13)14)37-50(52)61-49-36-44(59(9,10)11)26-30-51(49)62(53-34-39(2)35-54(63)55(53)61)46-28-24-43(25-29-46)58(6,7)8/h15-37H,1-14H3. The minimum Gasteiger partial charge on any atom is -0.311 e. The highest BCUT2D eigenvalue weighted by Crippen LogP contribution is 2.51. The van der Waals surface area contributed by atoms with Gasteiger partial charge in [0.05, 0.1) is 5.69 Å². The smallest absolute Gasteiger partial charge is 0.252 e. The number of aryl methyl sites for hydroxylation is 2. The number of hydrogen-bond donors (Lipinski definition) is 0. The molecular weight excluding hydrogens is 759 g/mol. The van der Waals surface area contributed by atoms with E-state index in [1.807, 2.05) is 0 Å². The maximum absolute atomic E-state index is 2.65. The summed E-state index contributed by atoms with van der Waals surface area (Å²) in [6.45, 7) is 32.4. The summed E-state index contributed by atoms with van der Waals surface area (Å²) in [5.74, 6) is 0. The van der Waals surface area contributed by atoms with E-state index in [-0.39, 0.29) is 28.4 Å². The van der Waals surface area contributed by atoms with Crippen molar-refractivity contribution in [3.8, 4) is 22.3 Å². The fourth-order valence-electron chi connectivity index (χ4n) is 9.93. The first kappa shape index (κ1) is 42.5. The molecular formula is C60H65BN2. The Labute approximate surface area is 379 Å². The lowest BCUT2D eigenvalue weighted by atomic mass is 9.33. The Bertz CT molecular complexity index is 2870. The van der Waals surface area contributed by atoms with E-state index in [1.165, 1.54) is 106 Å². The van der Waals surface area contributed by atoms with Crippen LogP contribution in [0.25, 0.3) is 22.3 Å². The fourth-order valence-corrected chi connectivity index (χ4v) is 9.93. The first-order valence-electron chi connectivity index (χ1n) is 23.0. The molecule has 0 atom stereocenters. The van der Waals surface area contributed by atoms with Gasteiger partial charge in [0.2, 0.25) is 0 Å². The van der Waals surface area contributed by atoms with Crippen LogP contribution < -0.4 is 26.2 Å². The number of hydrogen-bond acceptors (Lipinski definition) is 2. The van der Waals surface area contributed by atoms with Gasteiger partial charge in [-0.15, -0.1) is 0 Å². The molecule has 0 unspecified atom stereocenters. The predicted octanol–water partition coefficient (Wildman–Crippen LogP) is 14.9. The van der Waals surface area contributed by atoms with E-state index in [9.17, 15) is 0 Å². The molecule has 0 amide bonds. The second-order valence-electron chi connectivity index (χ2n) is 22.6. The molecule has 2 heterocycles. The summed E-state index contributed by atoms with van der Waals surface area (Å²) < 4.78 is 0. The molecule has 0 fully saturated rings. The fraction of sp³-hybridized carbons (Fsp3) is 0.300. The van der Waals surface area contributed by atoms with E-state index in [0.717, 1.165) is 0 Å². The number of fused-ring (bicyclic) bond motifs is 4. The van der Waals surface area contributed by atoms with Crippen molar-refractivity contribution < 1.29 is 0 Å². The van der Waals surface area contributed by atoms with Gasteiger partial charge in [0.25, 0.3) is 6.71 Å². The zero-order valence-electron chi connectivity index (χ0n) is 40.3. The lowest BCUT2D eigenvalue weighted by molar-refractivity contribution is 0.590. The van der Waals surface area contributed by atoms with Crippen LogP contribution in [0, 0.1) is 13.8 Å². The number of anilines is 6. The van der Waals surface area contributed by atoms with Crippen LogP contribution in [0.15, 0.2) is 140 Å². The van der Waals surface area contributed by atoms with Crippen molar-refractivity contribution in [2.75, 3.05) is 9.80 Å². The molecule has 2 aliphatic heterocycles. The van der Waals surface area contributed by atoms with Crippen molar-refractivity contribution in [2.24, 2.45) is 0 Å². The monoisotopic (exact) mass is 825 g/mol. The van der Waals surface area contributed by atoms with E-state index in [2.05, 4.69) is 246 Å². The molecule has 318 valence electrons. The Morgan fingerprint density at radius 1 is 0.365 bits per heavy atom. The quantitative estimate of drug-likeness (QED) is 0.163. The maximum Gasteiger partial charge on any atom is 0.252 e. The van der Waals surface area contributed by atoms with Crippen LogP contribution in [0.5, 0.6) is 0 Å². The number of benzene rings is 7. The Kier molecular flexibility index (Phi) is 10.1. The van der Waals surface area contributed by atoms with Crippen LogP contribution >= 0.6 is 0 Å². The second kappa shape index (κ2) is 14.9. The topological polar surface area (TPSA) is 6.48 Å². The predicted molar refractivity (Wildman–Crippen MR) is 276 cm³/mol. The molecule has 9 rings (SSSR count). The van der Waals surface area contributed by atoms with Crippen molar-refractivity contribution >= 4 is 57.2 Å². The maximum atomic E-state index is 2.65. The molecule has 0 spiro atoms. The molecule has 0 radical (unpaired) electrons.